The van der Waals surface area contributed by atoms with Crippen molar-refractivity contribution in [3.63, 3.8) is 0 Å². The van der Waals surface area contributed by atoms with E-state index in [9.17, 15) is 0 Å². The molecule has 0 spiro atoms. The second-order valence-electron chi connectivity index (χ2n) is 4.73. The summed E-state index contributed by atoms with van der Waals surface area (Å²) in [5, 5.41) is 1.21. The van der Waals surface area contributed by atoms with Gasteiger partial charge >= 0.3 is 0 Å². The minimum absolute atomic E-state index is 0.486. The molecule has 80 valence electrons. The third kappa shape index (κ3) is 1.89. The van der Waals surface area contributed by atoms with E-state index in [1.54, 1.807) is 0 Å². The Kier molecular flexibility index (Phi) is 2.51. The molecule has 2 aromatic heterocycles. The van der Waals surface area contributed by atoms with E-state index in [0.717, 1.165) is 5.69 Å². The Morgan fingerprint density at radius 3 is 2.40 bits per heavy atom. The fourth-order valence-electron chi connectivity index (χ4n) is 1.69. The van der Waals surface area contributed by atoms with Gasteiger partial charge in [0.25, 0.3) is 0 Å². The van der Waals surface area contributed by atoms with Crippen LogP contribution in [0, 0.1) is 0 Å². The Morgan fingerprint density at radius 1 is 1.07 bits per heavy atom. The molecule has 0 aliphatic rings. The lowest BCUT2D eigenvalue weighted by molar-refractivity contribution is 0.824. The number of hydrogen-bond donors (Lipinski definition) is 1. The van der Waals surface area contributed by atoms with Crippen molar-refractivity contribution in [1.82, 2.24) is 9.97 Å². The van der Waals surface area contributed by atoms with Crippen LogP contribution in [-0.2, 0) is 0 Å². The van der Waals surface area contributed by atoms with Gasteiger partial charge in [-0.15, -0.1) is 0 Å². The number of fused-ring (bicyclic) bond motifs is 1. The molecule has 0 aliphatic carbocycles. The first-order valence-corrected chi connectivity index (χ1v) is 5.56. The number of hydrogen-bond acceptors (Lipinski definition) is 1. The number of nitrogens with zero attached hydrogens (tertiary/aromatic N) is 1. The minimum atomic E-state index is 0.486. The fraction of sp³-hybridized carbons (Fsp3) is 0.462. The van der Waals surface area contributed by atoms with Crippen molar-refractivity contribution >= 4 is 10.9 Å². The van der Waals surface area contributed by atoms with E-state index in [1.165, 1.54) is 16.6 Å². The highest BCUT2D eigenvalue weighted by Gasteiger charge is 2.07. The van der Waals surface area contributed by atoms with E-state index in [0.29, 0.717) is 11.8 Å². The van der Waals surface area contributed by atoms with E-state index >= 15 is 0 Å². The van der Waals surface area contributed by atoms with Crippen molar-refractivity contribution in [3.8, 4) is 0 Å². The predicted octanol–water partition coefficient (Wildman–Crippen LogP) is 3.81. The van der Waals surface area contributed by atoms with Crippen LogP contribution in [0.25, 0.3) is 10.9 Å². The van der Waals surface area contributed by atoms with Crippen molar-refractivity contribution in [3.05, 3.63) is 29.7 Å². The molecule has 0 atom stereocenters. The number of nitrogens with one attached hydrogen (secondary N) is 1. The maximum Gasteiger partial charge on any atom is 0.0490 e. The second-order valence-corrected chi connectivity index (χ2v) is 4.73. The number of pyridine rings is 1. The molecular weight excluding hydrogens is 184 g/mol. The highest BCUT2D eigenvalue weighted by Crippen LogP contribution is 2.22. The van der Waals surface area contributed by atoms with E-state index < -0.39 is 0 Å². The number of rotatable bonds is 2. The topological polar surface area (TPSA) is 28.7 Å². The molecule has 0 aromatic carbocycles. The quantitative estimate of drug-likeness (QED) is 0.788. The average molecular weight is 202 g/mol. The van der Waals surface area contributed by atoms with Gasteiger partial charge in [-0.05, 0) is 24.0 Å². The van der Waals surface area contributed by atoms with Gasteiger partial charge in [-0.3, -0.25) is 4.98 Å². The molecule has 0 fully saturated rings. The van der Waals surface area contributed by atoms with E-state index in [2.05, 4.69) is 49.8 Å². The van der Waals surface area contributed by atoms with Crippen LogP contribution in [-0.4, -0.2) is 9.97 Å². The molecular formula is C13H18N2. The number of aromatic nitrogens is 2. The van der Waals surface area contributed by atoms with Crippen LogP contribution in [0.15, 0.2) is 18.3 Å². The molecule has 0 saturated heterocycles. The smallest absolute Gasteiger partial charge is 0.0490 e. The standard InChI is InChI=1S/C13H18N2/c1-8(2)11-6-13-10(7-14-11)5-12(15-13)9(3)4/h5-9,15H,1-4H3. The average Bonchev–Trinajstić information content (AvgIpc) is 2.59. The zero-order chi connectivity index (χ0) is 11.0. The van der Waals surface area contributed by atoms with Crippen LogP contribution in [0.4, 0.5) is 0 Å². The van der Waals surface area contributed by atoms with Gasteiger partial charge in [-0.1, -0.05) is 27.7 Å². The maximum absolute atomic E-state index is 4.46. The first kappa shape index (κ1) is 10.2. The van der Waals surface area contributed by atoms with Gasteiger partial charge in [-0.2, -0.15) is 0 Å². The molecule has 1 N–H and O–H groups in total. The van der Waals surface area contributed by atoms with Crippen LogP contribution in [0.1, 0.15) is 50.9 Å². The van der Waals surface area contributed by atoms with Gasteiger partial charge in [0.15, 0.2) is 0 Å². The first-order valence-electron chi connectivity index (χ1n) is 5.56. The van der Waals surface area contributed by atoms with Crippen LogP contribution < -0.4 is 0 Å². The molecule has 15 heavy (non-hydrogen) atoms. The highest BCUT2D eigenvalue weighted by atomic mass is 14.8. The van der Waals surface area contributed by atoms with Crippen molar-refractivity contribution < 1.29 is 0 Å². The Balaban J connectivity index is 2.52. The Hall–Kier alpha value is -1.31. The molecule has 0 amide bonds. The lowest BCUT2D eigenvalue weighted by Crippen LogP contribution is -1.91. The molecule has 2 heterocycles. The summed E-state index contributed by atoms with van der Waals surface area (Å²) >= 11 is 0. The third-order valence-electron chi connectivity index (χ3n) is 2.76. The normalized spacial score (nSPS) is 11.9. The Bertz CT molecular complexity index is 460. The summed E-state index contributed by atoms with van der Waals surface area (Å²) in [5.41, 5.74) is 3.64. The van der Waals surface area contributed by atoms with Crippen LogP contribution in [0.5, 0.6) is 0 Å². The second kappa shape index (κ2) is 3.69. The Labute approximate surface area is 90.7 Å². The molecule has 0 unspecified atom stereocenters. The lowest BCUT2D eigenvalue weighted by atomic mass is 10.1. The summed E-state index contributed by atoms with van der Waals surface area (Å²) in [4.78, 5) is 7.91. The molecule has 0 aliphatic heterocycles. The lowest BCUT2D eigenvalue weighted by Gasteiger charge is -2.02. The van der Waals surface area contributed by atoms with Crippen molar-refractivity contribution in [2.24, 2.45) is 0 Å². The maximum atomic E-state index is 4.46. The van der Waals surface area contributed by atoms with Gasteiger partial charge in [0.1, 0.15) is 0 Å². The van der Waals surface area contributed by atoms with Crippen molar-refractivity contribution in [1.29, 1.82) is 0 Å². The molecule has 2 aromatic rings. The molecule has 0 radical (unpaired) electrons. The summed E-state index contributed by atoms with van der Waals surface area (Å²) in [7, 11) is 0. The predicted molar refractivity (Wildman–Crippen MR) is 64.3 cm³/mol. The monoisotopic (exact) mass is 202 g/mol. The molecule has 0 saturated carbocycles. The highest BCUT2D eigenvalue weighted by molar-refractivity contribution is 5.80. The fourth-order valence-corrected chi connectivity index (χ4v) is 1.69. The van der Waals surface area contributed by atoms with E-state index in [1.807, 2.05) is 6.20 Å². The van der Waals surface area contributed by atoms with Gasteiger partial charge in [-0.25, -0.2) is 0 Å². The zero-order valence-corrected chi connectivity index (χ0v) is 9.83. The van der Waals surface area contributed by atoms with Gasteiger partial charge in [0.2, 0.25) is 0 Å². The first-order chi connectivity index (χ1) is 7.08. The minimum Gasteiger partial charge on any atom is -0.358 e. The molecule has 2 heteroatoms. The molecule has 2 rings (SSSR count). The molecule has 0 bridgehead atoms. The number of aromatic amines is 1. The van der Waals surface area contributed by atoms with E-state index in [-0.39, 0.29) is 0 Å². The van der Waals surface area contributed by atoms with Gasteiger partial charge in [0, 0.05) is 28.5 Å². The summed E-state index contributed by atoms with van der Waals surface area (Å²) in [5.74, 6) is 1.03. The van der Waals surface area contributed by atoms with Crippen molar-refractivity contribution in [2.45, 2.75) is 39.5 Å². The zero-order valence-electron chi connectivity index (χ0n) is 9.83. The summed E-state index contributed by atoms with van der Waals surface area (Å²) in [6.45, 7) is 8.73. The summed E-state index contributed by atoms with van der Waals surface area (Å²) < 4.78 is 0. The van der Waals surface area contributed by atoms with Crippen LogP contribution in [0.3, 0.4) is 0 Å². The SMILES string of the molecule is CC(C)c1cc2[nH]c(C(C)C)cc2cn1. The molecule has 2 nitrogen and oxygen atoms in total. The van der Waals surface area contributed by atoms with Gasteiger partial charge in [0.05, 0.1) is 0 Å². The van der Waals surface area contributed by atoms with Crippen LogP contribution in [0.2, 0.25) is 0 Å². The number of H-pyrrole nitrogens is 1. The third-order valence-corrected chi connectivity index (χ3v) is 2.76. The van der Waals surface area contributed by atoms with Crippen molar-refractivity contribution in [2.75, 3.05) is 0 Å². The largest absolute Gasteiger partial charge is 0.358 e. The summed E-state index contributed by atoms with van der Waals surface area (Å²) in [6.07, 6.45) is 1.97. The van der Waals surface area contributed by atoms with Gasteiger partial charge < -0.3 is 4.98 Å². The van der Waals surface area contributed by atoms with Crippen LogP contribution >= 0.6 is 0 Å². The van der Waals surface area contributed by atoms with E-state index in [4.69, 9.17) is 0 Å². The summed E-state index contributed by atoms with van der Waals surface area (Å²) in [6, 6.07) is 4.35. The Morgan fingerprint density at radius 2 is 1.80 bits per heavy atom.